The van der Waals surface area contributed by atoms with Crippen LogP contribution in [0.2, 0.25) is 0 Å². The molecule has 146 valence electrons. The molecule has 6 heteroatoms. The molecule has 0 aliphatic heterocycles. The molecule has 2 aromatic carbocycles. The molecule has 2 amide bonds. The molecule has 0 aliphatic carbocycles. The molecule has 2 rings (SSSR count). The van der Waals surface area contributed by atoms with Gasteiger partial charge in [-0.25, -0.2) is 4.79 Å². The lowest BCUT2D eigenvalue weighted by Gasteiger charge is -2.11. The number of nitrogens with one attached hydrogen (secondary N) is 2. The molecule has 0 heterocycles. The van der Waals surface area contributed by atoms with Gasteiger partial charge in [-0.15, -0.1) is 0 Å². The molecule has 2 aromatic rings. The molecule has 0 bridgehead atoms. The summed E-state index contributed by atoms with van der Waals surface area (Å²) >= 11 is 0. The van der Waals surface area contributed by atoms with E-state index in [0.717, 1.165) is 30.0 Å². The maximum atomic E-state index is 11.8. The van der Waals surface area contributed by atoms with Crippen LogP contribution in [-0.4, -0.2) is 45.3 Å². The molecule has 27 heavy (non-hydrogen) atoms. The fourth-order valence-electron chi connectivity index (χ4n) is 2.51. The van der Waals surface area contributed by atoms with Crippen LogP contribution >= 0.6 is 0 Å². The Labute approximate surface area is 161 Å². The Morgan fingerprint density at radius 2 is 1.56 bits per heavy atom. The van der Waals surface area contributed by atoms with E-state index >= 15 is 0 Å². The van der Waals surface area contributed by atoms with Crippen molar-refractivity contribution in [1.29, 1.82) is 0 Å². The molecule has 0 fully saturated rings. The molecule has 0 aromatic heterocycles. The number of rotatable bonds is 10. The molecule has 0 radical (unpaired) electrons. The summed E-state index contributed by atoms with van der Waals surface area (Å²) in [5.74, 6) is 1.59. The highest BCUT2D eigenvalue weighted by atomic mass is 16.5. The zero-order chi connectivity index (χ0) is 19.5. The van der Waals surface area contributed by atoms with Gasteiger partial charge in [-0.3, -0.25) is 0 Å². The van der Waals surface area contributed by atoms with E-state index in [1.54, 1.807) is 7.11 Å². The average molecular weight is 371 g/mol. The predicted octanol–water partition coefficient (Wildman–Crippen LogP) is 3.03. The van der Waals surface area contributed by atoms with Gasteiger partial charge >= 0.3 is 6.03 Å². The first-order valence-corrected chi connectivity index (χ1v) is 9.08. The molecule has 0 saturated heterocycles. The number of carbonyl (C=O) groups is 1. The maximum Gasteiger partial charge on any atom is 0.315 e. The molecule has 0 unspecified atom stereocenters. The molecular weight excluding hydrogens is 342 g/mol. The van der Waals surface area contributed by atoms with Crippen LogP contribution in [0.5, 0.6) is 11.5 Å². The van der Waals surface area contributed by atoms with Gasteiger partial charge in [0.15, 0.2) is 0 Å². The van der Waals surface area contributed by atoms with Gasteiger partial charge in [-0.05, 0) is 55.9 Å². The fraction of sp³-hybridized carbons (Fsp3) is 0.381. The van der Waals surface area contributed by atoms with Crippen molar-refractivity contribution in [3.63, 3.8) is 0 Å². The highest BCUT2D eigenvalue weighted by Crippen LogP contribution is 2.16. The number of benzene rings is 2. The average Bonchev–Trinajstić information content (AvgIpc) is 2.67. The standard InChI is InChI=1S/C21H29N3O3/c1-24(2)16-18-7-5-17(6-8-18)15-23-21(25)22-13-4-14-27-20-11-9-19(26-3)10-12-20/h5-12H,4,13-16H2,1-3H3,(H2,22,23,25). The van der Waals surface area contributed by atoms with Gasteiger partial charge in [0.1, 0.15) is 11.5 Å². The first kappa shape index (κ1) is 20.6. The Hall–Kier alpha value is -2.73. The van der Waals surface area contributed by atoms with E-state index in [1.807, 2.05) is 50.5 Å². The Morgan fingerprint density at radius 3 is 2.19 bits per heavy atom. The van der Waals surface area contributed by atoms with Crippen molar-refractivity contribution in [2.45, 2.75) is 19.5 Å². The van der Waals surface area contributed by atoms with Crippen LogP contribution in [0.25, 0.3) is 0 Å². The molecule has 6 nitrogen and oxygen atoms in total. The lowest BCUT2D eigenvalue weighted by molar-refractivity contribution is 0.238. The van der Waals surface area contributed by atoms with Gasteiger partial charge in [-0.1, -0.05) is 24.3 Å². The van der Waals surface area contributed by atoms with E-state index in [2.05, 4.69) is 27.7 Å². The molecule has 0 saturated carbocycles. The number of hydrogen-bond donors (Lipinski definition) is 2. The zero-order valence-corrected chi connectivity index (χ0v) is 16.3. The smallest absolute Gasteiger partial charge is 0.315 e. The van der Waals surface area contributed by atoms with Crippen LogP contribution in [0, 0.1) is 0 Å². The predicted molar refractivity (Wildman–Crippen MR) is 107 cm³/mol. The third kappa shape index (κ3) is 8.00. The quantitative estimate of drug-likeness (QED) is 0.630. The maximum absolute atomic E-state index is 11.8. The van der Waals surface area contributed by atoms with Crippen molar-refractivity contribution in [3.05, 3.63) is 59.7 Å². The van der Waals surface area contributed by atoms with Gasteiger partial charge in [0.05, 0.1) is 13.7 Å². The van der Waals surface area contributed by atoms with Gasteiger partial charge in [-0.2, -0.15) is 0 Å². The molecule has 0 spiro atoms. The molecule has 0 atom stereocenters. The van der Waals surface area contributed by atoms with E-state index in [9.17, 15) is 4.79 Å². The second-order valence-electron chi connectivity index (χ2n) is 6.54. The Balaban J connectivity index is 1.57. The number of amides is 2. The van der Waals surface area contributed by atoms with Crippen LogP contribution in [0.1, 0.15) is 17.5 Å². The number of methoxy groups -OCH3 is 1. The highest BCUT2D eigenvalue weighted by Gasteiger charge is 2.01. The van der Waals surface area contributed by atoms with Gasteiger partial charge in [0.25, 0.3) is 0 Å². The van der Waals surface area contributed by atoms with E-state index < -0.39 is 0 Å². The second-order valence-corrected chi connectivity index (χ2v) is 6.54. The Morgan fingerprint density at radius 1 is 0.926 bits per heavy atom. The number of urea groups is 1. The van der Waals surface area contributed by atoms with E-state index in [-0.39, 0.29) is 6.03 Å². The molecular formula is C21H29N3O3. The van der Waals surface area contributed by atoms with E-state index in [0.29, 0.717) is 19.7 Å². The van der Waals surface area contributed by atoms with Gasteiger partial charge in [0, 0.05) is 19.6 Å². The minimum absolute atomic E-state index is 0.170. The molecule has 2 N–H and O–H groups in total. The number of nitrogens with zero attached hydrogens (tertiary/aromatic N) is 1. The molecule has 0 aliphatic rings. The zero-order valence-electron chi connectivity index (χ0n) is 16.3. The van der Waals surface area contributed by atoms with Crippen molar-refractivity contribution in [2.24, 2.45) is 0 Å². The lowest BCUT2D eigenvalue weighted by Crippen LogP contribution is -2.36. The first-order chi connectivity index (χ1) is 13.1. The first-order valence-electron chi connectivity index (χ1n) is 9.08. The van der Waals surface area contributed by atoms with Crippen LogP contribution in [-0.2, 0) is 13.1 Å². The third-order valence-corrected chi connectivity index (χ3v) is 3.91. The number of ether oxygens (including phenoxy) is 2. The minimum atomic E-state index is -0.170. The van der Waals surface area contributed by atoms with Crippen LogP contribution < -0.4 is 20.1 Å². The van der Waals surface area contributed by atoms with Crippen molar-refractivity contribution in [1.82, 2.24) is 15.5 Å². The summed E-state index contributed by atoms with van der Waals surface area (Å²) < 4.78 is 10.7. The SMILES string of the molecule is COc1ccc(OCCCNC(=O)NCc2ccc(CN(C)C)cc2)cc1. The van der Waals surface area contributed by atoms with Crippen LogP contribution in [0.4, 0.5) is 4.79 Å². The van der Waals surface area contributed by atoms with E-state index in [4.69, 9.17) is 9.47 Å². The lowest BCUT2D eigenvalue weighted by atomic mass is 10.1. The van der Waals surface area contributed by atoms with Crippen molar-refractivity contribution >= 4 is 6.03 Å². The monoisotopic (exact) mass is 371 g/mol. The van der Waals surface area contributed by atoms with E-state index in [1.165, 1.54) is 5.56 Å². The number of carbonyl (C=O) groups excluding carboxylic acids is 1. The summed E-state index contributed by atoms with van der Waals surface area (Å²) in [5.41, 5.74) is 2.33. The third-order valence-electron chi connectivity index (χ3n) is 3.91. The summed E-state index contributed by atoms with van der Waals surface area (Å²) in [6.45, 7) is 2.52. The van der Waals surface area contributed by atoms with Crippen LogP contribution in [0.3, 0.4) is 0 Å². The van der Waals surface area contributed by atoms with Crippen molar-refractivity contribution < 1.29 is 14.3 Å². The normalized spacial score (nSPS) is 10.5. The van der Waals surface area contributed by atoms with Crippen LogP contribution in [0.15, 0.2) is 48.5 Å². The summed E-state index contributed by atoms with van der Waals surface area (Å²) in [4.78, 5) is 14.0. The fourth-order valence-corrected chi connectivity index (χ4v) is 2.51. The van der Waals surface area contributed by atoms with Gasteiger partial charge in [0.2, 0.25) is 0 Å². The summed E-state index contributed by atoms with van der Waals surface area (Å²) in [7, 11) is 5.72. The van der Waals surface area contributed by atoms with Gasteiger partial charge < -0.3 is 25.0 Å². The largest absolute Gasteiger partial charge is 0.497 e. The second kappa shape index (κ2) is 11.1. The van der Waals surface area contributed by atoms with Crippen molar-refractivity contribution in [2.75, 3.05) is 34.4 Å². The number of hydrogen-bond acceptors (Lipinski definition) is 4. The summed E-state index contributed by atoms with van der Waals surface area (Å²) in [6, 6.07) is 15.5. The highest BCUT2D eigenvalue weighted by molar-refractivity contribution is 5.73. The topological polar surface area (TPSA) is 62.8 Å². The Kier molecular flexibility index (Phi) is 8.45. The summed E-state index contributed by atoms with van der Waals surface area (Å²) in [6.07, 6.45) is 0.735. The van der Waals surface area contributed by atoms with Crippen molar-refractivity contribution in [3.8, 4) is 11.5 Å². The summed E-state index contributed by atoms with van der Waals surface area (Å²) in [5, 5.41) is 5.70. The Bertz CT molecular complexity index is 685. The minimum Gasteiger partial charge on any atom is -0.497 e.